The van der Waals surface area contributed by atoms with Crippen molar-refractivity contribution in [3.8, 4) is 0 Å². The first-order valence-electron chi connectivity index (χ1n) is 8.09. The molecule has 2 aromatic heterocycles. The first-order chi connectivity index (χ1) is 12.4. The Labute approximate surface area is 155 Å². The summed E-state index contributed by atoms with van der Waals surface area (Å²) in [6.07, 6.45) is 0. The van der Waals surface area contributed by atoms with E-state index in [0.717, 1.165) is 0 Å². The monoisotopic (exact) mass is 373 g/mol. The molecule has 0 N–H and O–H groups in total. The second-order valence-corrected chi connectivity index (χ2v) is 6.49. The van der Waals surface area contributed by atoms with Gasteiger partial charge in [0.05, 0.1) is 24.1 Å². The zero-order valence-corrected chi connectivity index (χ0v) is 15.8. The number of hydrogen-bond donors (Lipinski definition) is 0. The van der Waals surface area contributed by atoms with E-state index in [1.54, 1.807) is 30.1 Å². The van der Waals surface area contributed by atoms with Crippen molar-refractivity contribution in [1.29, 1.82) is 0 Å². The number of aryl methyl sites for hydroxylation is 1. The normalized spacial score (nSPS) is 11.4. The molecule has 0 aliphatic rings. The van der Waals surface area contributed by atoms with E-state index >= 15 is 0 Å². The number of para-hydroxylation sites is 1. The highest BCUT2D eigenvalue weighted by molar-refractivity contribution is 7.80. The second-order valence-electron chi connectivity index (χ2n) is 6.12. The molecule has 136 valence electrons. The van der Waals surface area contributed by atoms with Crippen molar-refractivity contribution in [2.24, 2.45) is 7.05 Å². The quantitative estimate of drug-likeness (QED) is 0.488. The number of thiocarbonyl (C=S) groups is 1. The van der Waals surface area contributed by atoms with Gasteiger partial charge in [0.15, 0.2) is 17.1 Å². The molecule has 0 saturated carbocycles. The fourth-order valence-electron chi connectivity index (χ4n) is 2.88. The lowest BCUT2D eigenvalue weighted by molar-refractivity contribution is 0.0959. The van der Waals surface area contributed by atoms with Crippen molar-refractivity contribution >= 4 is 39.6 Å². The van der Waals surface area contributed by atoms with E-state index in [9.17, 15) is 9.59 Å². The number of Topliss-reactive ketones (excluding diaryl/α,β-unsaturated/α-hetero) is 1. The Morgan fingerprint density at radius 3 is 2.73 bits per heavy atom. The molecule has 0 unspecified atom stereocenters. The Hall–Kier alpha value is -2.65. The number of hydrogen-bond acceptors (Lipinski definition) is 7. The van der Waals surface area contributed by atoms with Crippen LogP contribution in [0.4, 0.5) is 0 Å². The van der Waals surface area contributed by atoms with E-state index < -0.39 is 0 Å². The Morgan fingerprint density at radius 1 is 1.35 bits per heavy atom. The molecule has 0 fully saturated rings. The summed E-state index contributed by atoms with van der Waals surface area (Å²) in [5, 5.41) is 8.79. The minimum Gasteiger partial charge on any atom is -0.482 e. The number of ether oxygens (including phenoxy) is 1. The molecule has 1 aromatic carbocycles. The van der Waals surface area contributed by atoms with Crippen molar-refractivity contribution in [2.45, 2.75) is 6.92 Å². The number of aromatic nitrogens is 4. The van der Waals surface area contributed by atoms with Gasteiger partial charge in [0.2, 0.25) is 5.05 Å². The second kappa shape index (κ2) is 6.93. The standard InChI is InChI=1S/C17H19N5O3S/c1-5-25-17(26)13-15-21(4)16(24)11-8-6-7-10(12(23)9-20(2)3)14(11)22(15)19-18-13/h6-8H,5,9H2,1-4H3. The molecule has 0 atom stereocenters. The van der Waals surface area contributed by atoms with Gasteiger partial charge in [-0.2, -0.15) is 4.52 Å². The van der Waals surface area contributed by atoms with Gasteiger partial charge in [0.1, 0.15) is 0 Å². The average molecular weight is 373 g/mol. The smallest absolute Gasteiger partial charge is 0.261 e. The van der Waals surface area contributed by atoms with Gasteiger partial charge >= 0.3 is 0 Å². The average Bonchev–Trinajstić information content (AvgIpc) is 3.04. The summed E-state index contributed by atoms with van der Waals surface area (Å²) in [6, 6.07) is 5.06. The predicted octanol–water partition coefficient (Wildman–Crippen LogP) is 1.04. The number of fused-ring (bicyclic) bond motifs is 3. The molecular formula is C17H19N5O3S. The van der Waals surface area contributed by atoms with Crippen molar-refractivity contribution in [1.82, 2.24) is 24.3 Å². The lowest BCUT2D eigenvalue weighted by Gasteiger charge is -2.12. The maximum atomic E-state index is 12.9. The topological polar surface area (TPSA) is 81.7 Å². The Balaban J connectivity index is 2.39. The van der Waals surface area contributed by atoms with Gasteiger partial charge in [-0.1, -0.05) is 11.3 Å². The summed E-state index contributed by atoms with van der Waals surface area (Å²) in [6.45, 7) is 2.41. The van der Waals surface area contributed by atoms with Gasteiger partial charge in [-0.15, -0.1) is 5.10 Å². The number of rotatable bonds is 5. The van der Waals surface area contributed by atoms with Crippen LogP contribution in [0.25, 0.3) is 16.6 Å². The summed E-state index contributed by atoms with van der Waals surface area (Å²) < 4.78 is 8.26. The number of carbonyl (C=O) groups excluding carboxylic acids is 1. The lowest BCUT2D eigenvalue weighted by Crippen LogP contribution is -2.25. The number of carbonyl (C=O) groups is 1. The lowest BCUT2D eigenvalue weighted by atomic mass is 10.1. The number of likely N-dealkylation sites (N-methyl/N-ethyl adjacent to an activating group) is 1. The molecule has 0 radical (unpaired) electrons. The van der Waals surface area contributed by atoms with Crippen LogP contribution < -0.4 is 5.56 Å². The predicted molar refractivity (Wildman–Crippen MR) is 102 cm³/mol. The third-order valence-corrected chi connectivity index (χ3v) is 4.29. The molecule has 9 heteroatoms. The van der Waals surface area contributed by atoms with Gasteiger partial charge in [0.25, 0.3) is 5.56 Å². The van der Waals surface area contributed by atoms with E-state index in [4.69, 9.17) is 17.0 Å². The Morgan fingerprint density at radius 2 is 2.08 bits per heavy atom. The fraction of sp³-hybridized carbons (Fsp3) is 0.353. The highest BCUT2D eigenvalue weighted by Crippen LogP contribution is 2.20. The van der Waals surface area contributed by atoms with Crippen LogP contribution in [0.3, 0.4) is 0 Å². The van der Waals surface area contributed by atoms with Crippen LogP contribution >= 0.6 is 12.2 Å². The summed E-state index contributed by atoms with van der Waals surface area (Å²) >= 11 is 5.24. The van der Waals surface area contributed by atoms with Crippen LogP contribution in [0.5, 0.6) is 0 Å². The van der Waals surface area contributed by atoms with Crippen molar-refractivity contribution in [2.75, 3.05) is 27.2 Å². The van der Waals surface area contributed by atoms with Gasteiger partial charge in [-0.25, -0.2) is 0 Å². The summed E-state index contributed by atoms with van der Waals surface area (Å²) in [7, 11) is 5.24. The molecule has 2 heterocycles. The van der Waals surface area contributed by atoms with E-state index in [1.165, 1.54) is 9.08 Å². The molecule has 0 aliphatic carbocycles. The molecule has 0 bridgehead atoms. The summed E-state index contributed by atoms with van der Waals surface area (Å²) in [4.78, 5) is 27.3. The molecule has 3 aromatic rings. The molecule has 26 heavy (non-hydrogen) atoms. The van der Waals surface area contributed by atoms with Crippen LogP contribution in [0.1, 0.15) is 23.0 Å². The number of nitrogens with zero attached hydrogens (tertiary/aromatic N) is 5. The van der Waals surface area contributed by atoms with Gasteiger partial charge in [-0.05, 0) is 45.4 Å². The van der Waals surface area contributed by atoms with Crippen LogP contribution in [-0.2, 0) is 11.8 Å². The van der Waals surface area contributed by atoms with E-state index in [0.29, 0.717) is 34.4 Å². The minimum atomic E-state index is -0.255. The molecule has 0 saturated heterocycles. The van der Waals surface area contributed by atoms with Crippen molar-refractivity contribution in [3.05, 3.63) is 39.8 Å². The first-order valence-corrected chi connectivity index (χ1v) is 8.49. The number of benzene rings is 1. The summed E-state index contributed by atoms with van der Waals surface area (Å²) in [5.74, 6) is -0.111. The van der Waals surface area contributed by atoms with Gasteiger partial charge in [-0.3, -0.25) is 14.2 Å². The summed E-state index contributed by atoms with van der Waals surface area (Å²) in [5.41, 5.74) is 1.28. The molecular weight excluding hydrogens is 354 g/mol. The highest BCUT2D eigenvalue weighted by atomic mass is 32.1. The number of ketones is 1. The zero-order chi connectivity index (χ0) is 19.0. The molecule has 0 amide bonds. The van der Waals surface area contributed by atoms with Gasteiger partial charge < -0.3 is 9.64 Å². The fourth-order valence-corrected chi connectivity index (χ4v) is 3.13. The van der Waals surface area contributed by atoms with Crippen LogP contribution in [0.2, 0.25) is 0 Å². The third-order valence-electron chi connectivity index (χ3n) is 3.98. The van der Waals surface area contributed by atoms with Crippen LogP contribution in [-0.4, -0.2) is 62.4 Å². The Bertz CT molecular complexity index is 1080. The maximum Gasteiger partial charge on any atom is 0.261 e. The minimum absolute atomic E-state index is 0.111. The van der Waals surface area contributed by atoms with Crippen molar-refractivity contribution < 1.29 is 9.53 Å². The maximum absolute atomic E-state index is 12.9. The molecule has 0 aliphatic heterocycles. The van der Waals surface area contributed by atoms with E-state index in [1.807, 2.05) is 21.0 Å². The van der Waals surface area contributed by atoms with Crippen molar-refractivity contribution in [3.63, 3.8) is 0 Å². The van der Waals surface area contributed by atoms with E-state index in [-0.39, 0.29) is 22.9 Å². The largest absolute Gasteiger partial charge is 0.482 e. The third kappa shape index (κ3) is 2.89. The Kier molecular flexibility index (Phi) is 4.84. The zero-order valence-electron chi connectivity index (χ0n) is 15.0. The van der Waals surface area contributed by atoms with Crippen LogP contribution in [0.15, 0.2) is 23.0 Å². The molecule has 3 rings (SSSR count). The molecule has 0 spiro atoms. The van der Waals surface area contributed by atoms with E-state index in [2.05, 4.69) is 10.3 Å². The molecule has 8 nitrogen and oxygen atoms in total. The SMILES string of the molecule is CCOC(=S)c1nnn2c3c(C(=O)CN(C)C)cccc3c(=O)n(C)c12. The first kappa shape index (κ1) is 18.2. The highest BCUT2D eigenvalue weighted by Gasteiger charge is 2.22. The van der Waals surface area contributed by atoms with Gasteiger partial charge in [0, 0.05) is 12.6 Å². The van der Waals surface area contributed by atoms with Crippen LogP contribution in [0, 0.1) is 0 Å².